The van der Waals surface area contributed by atoms with Gasteiger partial charge in [-0.3, -0.25) is 0 Å². The van der Waals surface area contributed by atoms with Crippen molar-refractivity contribution in [3.8, 4) is 5.75 Å². The molecule has 0 amide bonds. The first-order valence-electron chi connectivity index (χ1n) is 6.43. The molecule has 1 aliphatic rings. The number of benzene rings is 1. The second-order valence-corrected chi connectivity index (χ2v) is 5.97. The summed E-state index contributed by atoms with van der Waals surface area (Å²) < 4.78 is 6.42. The number of hydrogen-bond acceptors (Lipinski definition) is 3. The molecular formula is C14H21BrN2O. The molecule has 3 nitrogen and oxygen atoms in total. The zero-order chi connectivity index (χ0) is 13.1. The van der Waals surface area contributed by atoms with Gasteiger partial charge < -0.3 is 15.0 Å². The van der Waals surface area contributed by atoms with Gasteiger partial charge in [-0.1, -0.05) is 29.8 Å². The highest BCUT2D eigenvalue weighted by Gasteiger charge is 2.25. The quantitative estimate of drug-likeness (QED) is 0.929. The molecule has 2 rings (SSSR count). The van der Waals surface area contributed by atoms with Gasteiger partial charge in [0, 0.05) is 41.9 Å². The summed E-state index contributed by atoms with van der Waals surface area (Å²) in [7, 11) is 1.71. The van der Waals surface area contributed by atoms with Gasteiger partial charge in [0.2, 0.25) is 0 Å². The van der Waals surface area contributed by atoms with Gasteiger partial charge in [0.15, 0.2) is 0 Å². The number of methoxy groups -OCH3 is 1. The second-order valence-electron chi connectivity index (χ2n) is 5.06. The van der Waals surface area contributed by atoms with E-state index >= 15 is 0 Å². The minimum Gasteiger partial charge on any atom is -0.497 e. The van der Waals surface area contributed by atoms with Crippen LogP contribution in [0.4, 0.5) is 5.69 Å². The molecule has 0 radical (unpaired) electrons. The summed E-state index contributed by atoms with van der Waals surface area (Å²) >= 11 is 3.56. The van der Waals surface area contributed by atoms with Crippen LogP contribution < -0.4 is 15.0 Å². The van der Waals surface area contributed by atoms with Gasteiger partial charge in [0.25, 0.3) is 0 Å². The number of nitrogens with one attached hydrogen (secondary N) is 1. The van der Waals surface area contributed by atoms with Crippen molar-refractivity contribution in [1.82, 2.24) is 5.32 Å². The molecule has 0 spiro atoms. The normalized spacial score (nSPS) is 20.3. The van der Waals surface area contributed by atoms with Crippen LogP contribution in [0.3, 0.4) is 0 Å². The van der Waals surface area contributed by atoms with Crippen LogP contribution in [0.25, 0.3) is 0 Å². The van der Waals surface area contributed by atoms with Gasteiger partial charge in [-0.2, -0.15) is 0 Å². The van der Waals surface area contributed by atoms with E-state index in [1.165, 1.54) is 5.69 Å². The summed E-state index contributed by atoms with van der Waals surface area (Å²) in [6.45, 7) is 7.69. The van der Waals surface area contributed by atoms with E-state index in [1.807, 2.05) is 6.07 Å². The fraction of sp³-hybridized carbons (Fsp3) is 0.571. The van der Waals surface area contributed by atoms with Crippen LogP contribution in [0.1, 0.15) is 13.8 Å². The molecule has 1 aromatic rings. The van der Waals surface area contributed by atoms with Gasteiger partial charge in [0.1, 0.15) is 5.75 Å². The molecule has 1 unspecified atom stereocenters. The summed E-state index contributed by atoms with van der Waals surface area (Å²) in [6, 6.07) is 6.82. The van der Waals surface area contributed by atoms with Crippen LogP contribution in [-0.2, 0) is 0 Å². The Bertz CT molecular complexity index is 409. The topological polar surface area (TPSA) is 24.5 Å². The molecule has 1 heterocycles. The van der Waals surface area contributed by atoms with Crippen molar-refractivity contribution in [2.75, 3.05) is 31.6 Å². The largest absolute Gasteiger partial charge is 0.497 e. The third kappa shape index (κ3) is 2.98. The van der Waals surface area contributed by atoms with E-state index in [4.69, 9.17) is 4.74 Å². The first-order chi connectivity index (χ1) is 8.61. The monoisotopic (exact) mass is 312 g/mol. The minimum atomic E-state index is 0.540. The van der Waals surface area contributed by atoms with E-state index in [0.717, 1.165) is 29.9 Å². The van der Waals surface area contributed by atoms with Crippen LogP contribution >= 0.6 is 15.9 Å². The Balaban J connectivity index is 2.30. The van der Waals surface area contributed by atoms with Crippen molar-refractivity contribution in [3.05, 3.63) is 22.7 Å². The Morgan fingerprint density at radius 2 is 2.17 bits per heavy atom. The van der Waals surface area contributed by atoms with Gasteiger partial charge in [-0.15, -0.1) is 0 Å². The maximum absolute atomic E-state index is 5.35. The zero-order valence-corrected chi connectivity index (χ0v) is 12.8. The molecule has 1 N–H and O–H groups in total. The van der Waals surface area contributed by atoms with E-state index in [-0.39, 0.29) is 0 Å². The number of rotatable bonds is 3. The van der Waals surface area contributed by atoms with Crippen molar-refractivity contribution in [3.63, 3.8) is 0 Å². The van der Waals surface area contributed by atoms with Crippen LogP contribution in [0.15, 0.2) is 22.7 Å². The lowest BCUT2D eigenvalue weighted by Gasteiger charge is -2.40. The summed E-state index contributed by atoms with van der Waals surface area (Å²) in [6.07, 6.45) is 0. The van der Waals surface area contributed by atoms with Crippen molar-refractivity contribution in [1.29, 1.82) is 0 Å². The molecular weight excluding hydrogens is 292 g/mol. The highest BCUT2D eigenvalue weighted by Crippen LogP contribution is 2.30. The molecule has 4 heteroatoms. The molecule has 1 aliphatic heterocycles. The molecule has 0 saturated carbocycles. The van der Waals surface area contributed by atoms with Crippen LogP contribution in [-0.4, -0.2) is 32.8 Å². The lowest BCUT2D eigenvalue weighted by Crippen LogP contribution is -2.53. The SMILES string of the molecule is COc1cc(Br)cc(N2CCNCC2C(C)C)c1. The lowest BCUT2D eigenvalue weighted by atomic mass is 10.00. The third-order valence-corrected chi connectivity index (χ3v) is 3.93. The number of piperazine rings is 1. The molecule has 0 bridgehead atoms. The number of ether oxygens (including phenoxy) is 1. The Morgan fingerprint density at radius 3 is 2.83 bits per heavy atom. The maximum Gasteiger partial charge on any atom is 0.122 e. The van der Waals surface area contributed by atoms with Gasteiger partial charge in [-0.25, -0.2) is 0 Å². The van der Waals surface area contributed by atoms with E-state index in [1.54, 1.807) is 7.11 Å². The predicted octanol–water partition coefficient (Wildman–Crippen LogP) is 2.89. The van der Waals surface area contributed by atoms with Crippen LogP contribution in [0.2, 0.25) is 0 Å². The minimum absolute atomic E-state index is 0.540. The molecule has 1 aromatic carbocycles. The lowest BCUT2D eigenvalue weighted by molar-refractivity contribution is 0.388. The molecule has 18 heavy (non-hydrogen) atoms. The van der Waals surface area contributed by atoms with Crippen molar-refractivity contribution in [2.45, 2.75) is 19.9 Å². The highest BCUT2D eigenvalue weighted by atomic mass is 79.9. The van der Waals surface area contributed by atoms with Crippen LogP contribution in [0.5, 0.6) is 5.75 Å². The van der Waals surface area contributed by atoms with E-state index in [2.05, 4.69) is 52.1 Å². The molecule has 1 atom stereocenters. The van der Waals surface area contributed by atoms with Crippen molar-refractivity contribution >= 4 is 21.6 Å². The maximum atomic E-state index is 5.35. The third-order valence-electron chi connectivity index (χ3n) is 3.48. The number of anilines is 1. The smallest absolute Gasteiger partial charge is 0.122 e. The standard InChI is InChI=1S/C14H21BrN2O/c1-10(2)14-9-16-4-5-17(14)12-6-11(15)7-13(8-12)18-3/h6-8,10,14,16H,4-5,9H2,1-3H3. The zero-order valence-electron chi connectivity index (χ0n) is 11.2. The van der Waals surface area contributed by atoms with E-state index in [0.29, 0.717) is 12.0 Å². The summed E-state index contributed by atoms with van der Waals surface area (Å²) in [5.41, 5.74) is 1.24. The van der Waals surface area contributed by atoms with Crippen molar-refractivity contribution in [2.24, 2.45) is 5.92 Å². The Labute approximate surface area is 118 Å². The van der Waals surface area contributed by atoms with Gasteiger partial charge in [0.05, 0.1) is 7.11 Å². The number of nitrogens with zero attached hydrogens (tertiary/aromatic N) is 1. The molecule has 1 fully saturated rings. The Kier molecular flexibility index (Phi) is 4.51. The summed E-state index contributed by atoms with van der Waals surface area (Å²) in [4.78, 5) is 2.48. The predicted molar refractivity (Wildman–Crippen MR) is 79.5 cm³/mol. The fourth-order valence-corrected chi connectivity index (χ4v) is 2.93. The first-order valence-corrected chi connectivity index (χ1v) is 7.23. The average molecular weight is 313 g/mol. The summed E-state index contributed by atoms with van der Waals surface area (Å²) in [5.74, 6) is 1.53. The molecule has 100 valence electrons. The van der Waals surface area contributed by atoms with E-state index in [9.17, 15) is 0 Å². The summed E-state index contributed by atoms with van der Waals surface area (Å²) in [5, 5.41) is 3.47. The number of hydrogen-bond donors (Lipinski definition) is 1. The average Bonchev–Trinajstić information content (AvgIpc) is 2.38. The Morgan fingerprint density at radius 1 is 1.39 bits per heavy atom. The number of halogens is 1. The first kappa shape index (κ1) is 13.7. The Hall–Kier alpha value is -0.740. The van der Waals surface area contributed by atoms with E-state index < -0.39 is 0 Å². The fourth-order valence-electron chi connectivity index (χ4n) is 2.47. The highest BCUT2D eigenvalue weighted by molar-refractivity contribution is 9.10. The second kappa shape index (κ2) is 5.93. The van der Waals surface area contributed by atoms with Crippen molar-refractivity contribution < 1.29 is 4.74 Å². The molecule has 0 aromatic heterocycles. The van der Waals surface area contributed by atoms with Gasteiger partial charge in [-0.05, 0) is 18.1 Å². The van der Waals surface area contributed by atoms with Gasteiger partial charge >= 0.3 is 0 Å². The molecule has 0 aliphatic carbocycles. The van der Waals surface area contributed by atoms with Crippen LogP contribution in [0, 0.1) is 5.92 Å². The molecule has 1 saturated heterocycles.